The predicted molar refractivity (Wildman–Crippen MR) is 87.1 cm³/mol. The fourth-order valence-electron chi connectivity index (χ4n) is 2.08. The van der Waals surface area contributed by atoms with Crippen LogP contribution in [0.3, 0.4) is 0 Å². The second-order valence-corrected chi connectivity index (χ2v) is 6.37. The Balaban J connectivity index is 1.85. The maximum absolute atomic E-state index is 12.0. The molecule has 0 aliphatic carbocycles. The number of carbonyl (C=O) groups is 1. The van der Waals surface area contributed by atoms with Gasteiger partial charge in [0, 0.05) is 12.0 Å². The Hall–Kier alpha value is -1.70. The third kappa shape index (κ3) is 4.89. The van der Waals surface area contributed by atoms with Crippen molar-refractivity contribution >= 4 is 17.2 Å². The summed E-state index contributed by atoms with van der Waals surface area (Å²) < 4.78 is 10.7. The molecule has 0 aromatic carbocycles. The van der Waals surface area contributed by atoms with Crippen LogP contribution in [0, 0.1) is 0 Å². The van der Waals surface area contributed by atoms with Gasteiger partial charge in [0.25, 0.3) is 0 Å². The number of carbonyl (C=O) groups excluding carboxylic acids is 1. The molecule has 0 spiro atoms. The Kier molecular flexibility index (Phi) is 5.92. The van der Waals surface area contributed by atoms with Crippen LogP contribution in [-0.4, -0.2) is 29.1 Å². The lowest BCUT2D eigenvalue weighted by atomic mass is 10.0. The smallest absolute Gasteiger partial charge is 0.226 e. The molecule has 6 nitrogen and oxygen atoms in total. The molecule has 0 radical (unpaired) electrons. The van der Waals surface area contributed by atoms with Crippen LogP contribution in [0.5, 0.6) is 0 Å². The van der Waals surface area contributed by atoms with Crippen molar-refractivity contribution < 1.29 is 19.1 Å². The van der Waals surface area contributed by atoms with Crippen molar-refractivity contribution in [2.45, 2.75) is 38.9 Å². The molecule has 0 fully saturated rings. The SMILES string of the molecule is CCOC(C)c1nc(CC(=O)NCC(C)(O)c2ccco2)cs1. The van der Waals surface area contributed by atoms with E-state index in [0.29, 0.717) is 18.1 Å². The Morgan fingerprint density at radius 1 is 1.61 bits per heavy atom. The number of ether oxygens (including phenoxy) is 1. The Morgan fingerprint density at radius 3 is 3.04 bits per heavy atom. The molecule has 1 amide bonds. The number of aromatic nitrogens is 1. The fraction of sp³-hybridized carbons (Fsp3) is 0.500. The molecule has 0 aliphatic rings. The monoisotopic (exact) mass is 338 g/mol. The maximum atomic E-state index is 12.0. The topological polar surface area (TPSA) is 84.6 Å². The van der Waals surface area contributed by atoms with Crippen LogP contribution < -0.4 is 5.32 Å². The van der Waals surface area contributed by atoms with Crippen LogP contribution in [0.1, 0.15) is 43.3 Å². The number of hydrogen-bond donors (Lipinski definition) is 2. The average Bonchev–Trinajstić information content (AvgIpc) is 3.17. The zero-order chi connectivity index (χ0) is 16.9. The van der Waals surface area contributed by atoms with Gasteiger partial charge in [0.2, 0.25) is 5.91 Å². The number of amides is 1. The van der Waals surface area contributed by atoms with Crippen LogP contribution in [-0.2, 0) is 21.6 Å². The van der Waals surface area contributed by atoms with Gasteiger partial charge in [-0.1, -0.05) is 0 Å². The normalized spacial score (nSPS) is 15.1. The number of hydrogen-bond acceptors (Lipinski definition) is 6. The van der Waals surface area contributed by atoms with E-state index in [1.54, 1.807) is 19.1 Å². The summed E-state index contributed by atoms with van der Waals surface area (Å²) in [5, 5.41) is 15.7. The number of furan rings is 1. The molecular weight excluding hydrogens is 316 g/mol. The van der Waals surface area contributed by atoms with Gasteiger partial charge in [-0.25, -0.2) is 4.98 Å². The third-order valence-corrected chi connectivity index (χ3v) is 4.41. The summed E-state index contributed by atoms with van der Waals surface area (Å²) in [6.07, 6.45) is 1.59. The summed E-state index contributed by atoms with van der Waals surface area (Å²) in [5.41, 5.74) is -0.540. The summed E-state index contributed by atoms with van der Waals surface area (Å²) in [7, 11) is 0. The van der Waals surface area contributed by atoms with Crippen molar-refractivity contribution in [3.05, 3.63) is 40.2 Å². The molecule has 0 saturated carbocycles. The Morgan fingerprint density at radius 2 is 2.39 bits per heavy atom. The fourth-order valence-corrected chi connectivity index (χ4v) is 2.90. The minimum absolute atomic E-state index is 0.0681. The van der Waals surface area contributed by atoms with E-state index < -0.39 is 5.60 Å². The van der Waals surface area contributed by atoms with Crippen molar-refractivity contribution in [1.82, 2.24) is 10.3 Å². The number of rotatable bonds is 8. The second-order valence-electron chi connectivity index (χ2n) is 5.48. The highest BCUT2D eigenvalue weighted by molar-refractivity contribution is 7.09. The molecule has 2 unspecified atom stereocenters. The predicted octanol–water partition coefficient (Wildman–Crippen LogP) is 2.40. The van der Waals surface area contributed by atoms with Gasteiger partial charge >= 0.3 is 0 Å². The van der Waals surface area contributed by atoms with Crippen molar-refractivity contribution in [2.24, 2.45) is 0 Å². The minimum Gasteiger partial charge on any atom is -0.466 e. The molecule has 2 N–H and O–H groups in total. The first-order chi connectivity index (χ1) is 10.9. The standard InChI is InChI=1S/C16H22N2O4S/c1-4-21-11(2)15-18-12(9-23-15)8-14(19)17-10-16(3,20)13-6-5-7-22-13/h5-7,9,11,20H,4,8,10H2,1-3H3,(H,17,19). The van der Waals surface area contributed by atoms with Crippen LogP contribution in [0.25, 0.3) is 0 Å². The van der Waals surface area contributed by atoms with E-state index in [4.69, 9.17) is 9.15 Å². The zero-order valence-electron chi connectivity index (χ0n) is 13.5. The van der Waals surface area contributed by atoms with E-state index in [1.807, 2.05) is 19.2 Å². The highest BCUT2D eigenvalue weighted by Gasteiger charge is 2.26. The van der Waals surface area contributed by atoms with E-state index in [1.165, 1.54) is 17.6 Å². The molecule has 2 aromatic rings. The highest BCUT2D eigenvalue weighted by Crippen LogP contribution is 2.22. The third-order valence-electron chi connectivity index (χ3n) is 3.36. The van der Waals surface area contributed by atoms with Gasteiger partial charge < -0.3 is 19.6 Å². The lowest BCUT2D eigenvalue weighted by molar-refractivity contribution is -0.121. The first-order valence-electron chi connectivity index (χ1n) is 7.51. The van der Waals surface area contributed by atoms with Crippen LogP contribution in [0.15, 0.2) is 28.2 Å². The summed E-state index contributed by atoms with van der Waals surface area (Å²) >= 11 is 1.48. The maximum Gasteiger partial charge on any atom is 0.226 e. The summed E-state index contributed by atoms with van der Waals surface area (Å²) in [4.78, 5) is 16.4. The van der Waals surface area contributed by atoms with Crippen LogP contribution in [0.2, 0.25) is 0 Å². The van der Waals surface area contributed by atoms with Crippen molar-refractivity contribution in [3.8, 4) is 0 Å². The first-order valence-corrected chi connectivity index (χ1v) is 8.39. The molecule has 0 aliphatic heterocycles. The van der Waals surface area contributed by atoms with Crippen LogP contribution >= 0.6 is 11.3 Å². The van der Waals surface area contributed by atoms with Gasteiger partial charge in [-0.05, 0) is 32.9 Å². The van der Waals surface area contributed by atoms with E-state index >= 15 is 0 Å². The van der Waals surface area contributed by atoms with Gasteiger partial charge in [0.15, 0.2) is 0 Å². The molecular formula is C16H22N2O4S. The van der Waals surface area contributed by atoms with Gasteiger partial charge in [0.05, 0.1) is 24.9 Å². The Bertz CT molecular complexity index is 622. The van der Waals surface area contributed by atoms with Gasteiger partial charge in [0.1, 0.15) is 22.5 Å². The van der Waals surface area contributed by atoms with Gasteiger partial charge in [-0.15, -0.1) is 11.3 Å². The number of aliphatic hydroxyl groups is 1. The van der Waals surface area contributed by atoms with E-state index in [0.717, 1.165) is 5.01 Å². The molecule has 126 valence electrons. The van der Waals surface area contributed by atoms with Gasteiger partial charge in [-0.3, -0.25) is 4.79 Å². The summed E-state index contributed by atoms with van der Waals surface area (Å²) in [6, 6.07) is 3.37. The molecule has 2 aromatic heterocycles. The average molecular weight is 338 g/mol. The molecule has 2 atom stereocenters. The van der Waals surface area contributed by atoms with Crippen molar-refractivity contribution in [1.29, 1.82) is 0 Å². The summed E-state index contributed by atoms with van der Waals surface area (Å²) in [6.45, 7) is 6.16. The minimum atomic E-state index is -1.24. The first kappa shape index (κ1) is 17.7. The van der Waals surface area contributed by atoms with E-state index in [9.17, 15) is 9.90 Å². The van der Waals surface area contributed by atoms with Crippen LogP contribution in [0.4, 0.5) is 0 Å². The molecule has 23 heavy (non-hydrogen) atoms. The number of thiazole rings is 1. The quantitative estimate of drug-likeness (QED) is 0.772. The lowest BCUT2D eigenvalue weighted by Gasteiger charge is -2.21. The van der Waals surface area contributed by atoms with E-state index in [2.05, 4.69) is 10.3 Å². The van der Waals surface area contributed by atoms with Crippen molar-refractivity contribution in [3.63, 3.8) is 0 Å². The number of nitrogens with zero attached hydrogens (tertiary/aromatic N) is 1. The number of nitrogens with one attached hydrogen (secondary N) is 1. The highest BCUT2D eigenvalue weighted by atomic mass is 32.1. The van der Waals surface area contributed by atoms with Crippen molar-refractivity contribution in [2.75, 3.05) is 13.2 Å². The molecule has 2 rings (SSSR count). The largest absolute Gasteiger partial charge is 0.466 e. The molecule has 7 heteroatoms. The van der Waals surface area contributed by atoms with Gasteiger partial charge in [-0.2, -0.15) is 0 Å². The van der Waals surface area contributed by atoms with E-state index in [-0.39, 0.29) is 25.0 Å². The molecule has 0 bridgehead atoms. The molecule has 0 saturated heterocycles. The molecule has 2 heterocycles. The summed E-state index contributed by atoms with van der Waals surface area (Å²) in [5.74, 6) is 0.219. The zero-order valence-corrected chi connectivity index (χ0v) is 14.4. The second kappa shape index (κ2) is 7.72. The lowest BCUT2D eigenvalue weighted by Crippen LogP contribution is -2.39. The Labute approximate surface area is 139 Å².